The fourth-order valence-electron chi connectivity index (χ4n) is 1.90. The Morgan fingerprint density at radius 3 is 2.35 bits per heavy atom. The van der Waals surface area contributed by atoms with E-state index in [0.29, 0.717) is 12.3 Å². The maximum atomic E-state index is 11.6. The Bertz CT molecular complexity index is 421. The van der Waals surface area contributed by atoms with Crippen LogP contribution in [0.2, 0.25) is 0 Å². The van der Waals surface area contributed by atoms with Crippen molar-refractivity contribution in [3.05, 3.63) is 0 Å². The molecular formula is C10H21NO4S2. The maximum Gasteiger partial charge on any atom is 0.151 e. The van der Waals surface area contributed by atoms with E-state index in [1.165, 1.54) is 0 Å². The summed E-state index contributed by atoms with van der Waals surface area (Å²) in [4.78, 5) is 0. The molecule has 0 amide bonds. The highest BCUT2D eigenvalue weighted by Gasteiger charge is 2.19. The van der Waals surface area contributed by atoms with Gasteiger partial charge >= 0.3 is 0 Å². The standard InChI is InChI=1S/C10H21NO4S2/c1-16(12,13)7-8-17(14,15)6-4-10-3-2-5-11-9-10/h10-11H,2-9H2,1H3. The van der Waals surface area contributed by atoms with Crippen LogP contribution in [0.15, 0.2) is 0 Å². The average molecular weight is 283 g/mol. The summed E-state index contributed by atoms with van der Waals surface area (Å²) >= 11 is 0. The zero-order valence-corrected chi connectivity index (χ0v) is 11.8. The van der Waals surface area contributed by atoms with E-state index >= 15 is 0 Å². The van der Waals surface area contributed by atoms with Crippen molar-refractivity contribution in [1.82, 2.24) is 5.32 Å². The van der Waals surface area contributed by atoms with Crippen LogP contribution in [0.1, 0.15) is 19.3 Å². The Morgan fingerprint density at radius 1 is 1.12 bits per heavy atom. The van der Waals surface area contributed by atoms with E-state index in [9.17, 15) is 16.8 Å². The molecule has 0 radical (unpaired) electrons. The topological polar surface area (TPSA) is 80.3 Å². The molecule has 1 aliphatic rings. The first-order chi connectivity index (χ1) is 7.79. The number of nitrogens with one attached hydrogen (secondary N) is 1. The van der Waals surface area contributed by atoms with Crippen molar-refractivity contribution in [2.24, 2.45) is 5.92 Å². The molecule has 7 heteroatoms. The molecule has 0 aromatic carbocycles. The first kappa shape index (κ1) is 14.9. The molecule has 17 heavy (non-hydrogen) atoms. The van der Waals surface area contributed by atoms with Gasteiger partial charge in [0, 0.05) is 6.26 Å². The van der Waals surface area contributed by atoms with Gasteiger partial charge in [-0.15, -0.1) is 0 Å². The third-order valence-electron chi connectivity index (χ3n) is 3.00. The van der Waals surface area contributed by atoms with Crippen LogP contribution in [-0.4, -0.2) is 53.4 Å². The number of hydrogen-bond acceptors (Lipinski definition) is 5. The van der Waals surface area contributed by atoms with E-state index in [-0.39, 0.29) is 17.3 Å². The molecule has 0 bridgehead atoms. The summed E-state index contributed by atoms with van der Waals surface area (Å²) in [6, 6.07) is 0. The Morgan fingerprint density at radius 2 is 1.82 bits per heavy atom. The fraction of sp³-hybridized carbons (Fsp3) is 1.00. The third-order valence-corrected chi connectivity index (χ3v) is 5.89. The lowest BCUT2D eigenvalue weighted by molar-refractivity contribution is 0.369. The normalized spacial score (nSPS) is 22.5. The molecular weight excluding hydrogens is 262 g/mol. The molecule has 1 saturated heterocycles. The van der Waals surface area contributed by atoms with E-state index in [0.717, 1.165) is 32.2 Å². The summed E-state index contributed by atoms with van der Waals surface area (Å²) in [6.07, 6.45) is 3.86. The number of piperidine rings is 1. The summed E-state index contributed by atoms with van der Waals surface area (Å²) < 4.78 is 45.1. The second-order valence-corrected chi connectivity index (χ2v) is 9.35. The Labute approximate surface area is 104 Å². The Hall–Kier alpha value is -0.140. The van der Waals surface area contributed by atoms with Crippen LogP contribution < -0.4 is 5.32 Å². The van der Waals surface area contributed by atoms with E-state index in [1.54, 1.807) is 0 Å². The minimum Gasteiger partial charge on any atom is -0.316 e. The molecule has 0 aliphatic carbocycles. The largest absolute Gasteiger partial charge is 0.316 e. The number of rotatable bonds is 6. The lowest BCUT2D eigenvalue weighted by Crippen LogP contribution is -2.31. The Kier molecular flexibility index (Phi) is 5.40. The van der Waals surface area contributed by atoms with Crippen LogP contribution in [0, 0.1) is 5.92 Å². The Balaban J connectivity index is 2.33. The monoisotopic (exact) mass is 283 g/mol. The van der Waals surface area contributed by atoms with Gasteiger partial charge in [-0.2, -0.15) is 0 Å². The van der Waals surface area contributed by atoms with E-state index < -0.39 is 19.7 Å². The van der Waals surface area contributed by atoms with Crippen molar-refractivity contribution in [2.75, 3.05) is 36.6 Å². The zero-order valence-electron chi connectivity index (χ0n) is 10.2. The van der Waals surface area contributed by atoms with E-state index in [1.807, 2.05) is 0 Å². The summed E-state index contributed by atoms with van der Waals surface area (Å²) in [5.74, 6) is 0.00999. The summed E-state index contributed by atoms with van der Waals surface area (Å²) in [5, 5.41) is 3.24. The van der Waals surface area contributed by atoms with Crippen LogP contribution in [0.5, 0.6) is 0 Å². The summed E-state index contributed by atoms with van der Waals surface area (Å²) in [6.45, 7) is 1.89. The lowest BCUT2D eigenvalue weighted by atomic mass is 9.97. The highest BCUT2D eigenvalue weighted by molar-refractivity contribution is 7.94. The highest BCUT2D eigenvalue weighted by Crippen LogP contribution is 2.15. The second kappa shape index (κ2) is 6.15. The molecule has 1 fully saturated rings. The van der Waals surface area contributed by atoms with Crippen LogP contribution in [-0.2, 0) is 19.7 Å². The van der Waals surface area contributed by atoms with Crippen LogP contribution in [0.3, 0.4) is 0 Å². The predicted molar refractivity (Wildman–Crippen MR) is 68.6 cm³/mol. The van der Waals surface area contributed by atoms with Crippen LogP contribution in [0.25, 0.3) is 0 Å². The van der Waals surface area contributed by atoms with Gasteiger partial charge in [-0.1, -0.05) is 0 Å². The van der Waals surface area contributed by atoms with Gasteiger partial charge in [0.15, 0.2) is 9.84 Å². The van der Waals surface area contributed by atoms with Gasteiger partial charge in [-0.05, 0) is 38.3 Å². The average Bonchev–Trinajstić information content (AvgIpc) is 2.25. The van der Waals surface area contributed by atoms with Crippen molar-refractivity contribution >= 4 is 19.7 Å². The van der Waals surface area contributed by atoms with Gasteiger partial charge in [0.25, 0.3) is 0 Å². The molecule has 0 spiro atoms. The van der Waals surface area contributed by atoms with Crippen molar-refractivity contribution < 1.29 is 16.8 Å². The van der Waals surface area contributed by atoms with Gasteiger partial charge in [0.2, 0.25) is 0 Å². The van der Waals surface area contributed by atoms with Gasteiger partial charge in [-0.25, -0.2) is 16.8 Å². The molecule has 0 aromatic rings. The van der Waals surface area contributed by atoms with E-state index in [2.05, 4.69) is 5.32 Å². The van der Waals surface area contributed by atoms with Crippen molar-refractivity contribution in [1.29, 1.82) is 0 Å². The predicted octanol–water partition coefficient (Wildman–Crippen LogP) is -0.164. The SMILES string of the molecule is CS(=O)(=O)CCS(=O)(=O)CCC1CCCNC1. The van der Waals surface area contributed by atoms with Gasteiger partial charge in [0.05, 0.1) is 17.3 Å². The quantitative estimate of drug-likeness (QED) is 0.732. The van der Waals surface area contributed by atoms with Crippen molar-refractivity contribution in [2.45, 2.75) is 19.3 Å². The molecule has 1 aliphatic heterocycles. The summed E-state index contributed by atoms with van der Waals surface area (Å²) in [5.41, 5.74) is 0. The first-order valence-electron chi connectivity index (χ1n) is 5.87. The second-order valence-electron chi connectivity index (χ2n) is 4.78. The molecule has 1 unspecified atom stereocenters. The van der Waals surface area contributed by atoms with E-state index in [4.69, 9.17) is 0 Å². The molecule has 1 N–H and O–H groups in total. The minimum atomic E-state index is -3.22. The summed E-state index contributed by atoms with van der Waals surface area (Å²) in [7, 11) is -6.41. The van der Waals surface area contributed by atoms with Crippen LogP contribution >= 0.6 is 0 Å². The number of sulfone groups is 2. The molecule has 1 heterocycles. The smallest absolute Gasteiger partial charge is 0.151 e. The van der Waals surface area contributed by atoms with Gasteiger partial charge in [-0.3, -0.25) is 0 Å². The molecule has 0 saturated carbocycles. The molecule has 1 rings (SSSR count). The van der Waals surface area contributed by atoms with Gasteiger partial charge < -0.3 is 5.32 Å². The van der Waals surface area contributed by atoms with Crippen molar-refractivity contribution in [3.8, 4) is 0 Å². The molecule has 102 valence electrons. The third kappa shape index (κ3) is 7.00. The van der Waals surface area contributed by atoms with Crippen molar-refractivity contribution in [3.63, 3.8) is 0 Å². The zero-order chi connectivity index (χ0) is 12.9. The lowest BCUT2D eigenvalue weighted by Gasteiger charge is -2.22. The van der Waals surface area contributed by atoms with Crippen LogP contribution in [0.4, 0.5) is 0 Å². The fourth-order valence-corrected chi connectivity index (χ4v) is 5.02. The minimum absolute atomic E-state index is 0.106. The number of hydrogen-bond donors (Lipinski definition) is 1. The molecule has 5 nitrogen and oxygen atoms in total. The maximum absolute atomic E-state index is 11.6. The molecule has 1 atom stereocenters. The first-order valence-corrected chi connectivity index (χ1v) is 9.75. The van der Waals surface area contributed by atoms with Gasteiger partial charge in [0.1, 0.15) is 9.84 Å². The highest BCUT2D eigenvalue weighted by atomic mass is 32.2. The molecule has 0 aromatic heterocycles.